The van der Waals surface area contributed by atoms with E-state index in [4.69, 9.17) is 14.2 Å². The molecular formula is C24H22FNO6S. The van der Waals surface area contributed by atoms with Gasteiger partial charge in [-0.25, -0.2) is 17.6 Å². The van der Waals surface area contributed by atoms with Crippen molar-refractivity contribution in [2.75, 3.05) is 31.2 Å². The molecule has 1 aliphatic rings. The molecule has 0 aromatic heterocycles. The smallest absolute Gasteiger partial charge is 0.342 e. The van der Waals surface area contributed by atoms with E-state index in [1.807, 2.05) is 12.1 Å². The van der Waals surface area contributed by atoms with Crippen LogP contribution in [0.5, 0.6) is 11.5 Å². The van der Waals surface area contributed by atoms with Crippen LogP contribution in [0.4, 0.5) is 10.1 Å². The molecular weight excluding hydrogens is 449 g/mol. The first-order valence-corrected chi connectivity index (χ1v) is 11.7. The van der Waals surface area contributed by atoms with Crippen LogP contribution in [0.2, 0.25) is 0 Å². The van der Waals surface area contributed by atoms with Crippen molar-refractivity contribution in [3.8, 4) is 11.5 Å². The van der Waals surface area contributed by atoms with Crippen LogP contribution in [0, 0.1) is 5.82 Å². The third-order valence-electron chi connectivity index (χ3n) is 5.23. The molecule has 0 fully saturated rings. The molecule has 3 aromatic rings. The van der Waals surface area contributed by atoms with Crippen LogP contribution in [-0.4, -0.2) is 41.3 Å². The summed E-state index contributed by atoms with van der Waals surface area (Å²) in [7, 11) is -2.52. The Kier molecular flexibility index (Phi) is 6.50. The molecule has 0 spiro atoms. The molecule has 1 aliphatic heterocycles. The van der Waals surface area contributed by atoms with E-state index >= 15 is 0 Å². The summed E-state index contributed by atoms with van der Waals surface area (Å²) in [5, 5.41) is 0. The van der Waals surface area contributed by atoms with E-state index < -0.39 is 21.8 Å². The van der Waals surface area contributed by atoms with Gasteiger partial charge in [-0.3, -0.25) is 4.31 Å². The van der Waals surface area contributed by atoms with E-state index in [1.54, 1.807) is 18.2 Å². The fraction of sp³-hybridized carbons (Fsp3) is 0.208. The molecule has 0 radical (unpaired) electrons. The van der Waals surface area contributed by atoms with Gasteiger partial charge in [0.05, 0.1) is 17.7 Å². The standard InChI is InChI=1S/C24H22FNO6S/c1-30-22-11-10-18(33(28,29)26-13-12-17-6-2-4-8-21(17)26)16-19(22)24(27)32-15-14-31-23-9-5-3-7-20(23)25/h2-11,16H,12-15H2,1H3. The van der Waals surface area contributed by atoms with Crippen molar-refractivity contribution in [3.05, 3.63) is 83.7 Å². The van der Waals surface area contributed by atoms with E-state index in [9.17, 15) is 17.6 Å². The van der Waals surface area contributed by atoms with Crippen LogP contribution < -0.4 is 13.8 Å². The molecule has 4 rings (SSSR count). The first-order chi connectivity index (χ1) is 15.9. The number of carbonyl (C=O) groups is 1. The van der Waals surface area contributed by atoms with Crippen LogP contribution >= 0.6 is 0 Å². The number of para-hydroxylation sites is 2. The Hall–Kier alpha value is -3.59. The summed E-state index contributed by atoms with van der Waals surface area (Å²) in [5.74, 6) is -1.07. The maximum atomic E-state index is 13.6. The average Bonchev–Trinajstić information content (AvgIpc) is 3.27. The van der Waals surface area contributed by atoms with Gasteiger partial charge in [0, 0.05) is 6.54 Å². The number of methoxy groups -OCH3 is 1. The van der Waals surface area contributed by atoms with Gasteiger partial charge in [-0.1, -0.05) is 30.3 Å². The number of hydrogen-bond acceptors (Lipinski definition) is 6. The van der Waals surface area contributed by atoms with Gasteiger partial charge in [0.1, 0.15) is 24.5 Å². The van der Waals surface area contributed by atoms with Gasteiger partial charge in [0.2, 0.25) is 0 Å². The van der Waals surface area contributed by atoms with Crippen molar-refractivity contribution in [2.45, 2.75) is 11.3 Å². The average molecular weight is 472 g/mol. The van der Waals surface area contributed by atoms with E-state index in [-0.39, 0.29) is 35.2 Å². The fourth-order valence-electron chi connectivity index (χ4n) is 3.62. The highest BCUT2D eigenvalue weighted by atomic mass is 32.2. The lowest BCUT2D eigenvalue weighted by atomic mass is 10.2. The molecule has 0 N–H and O–H groups in total. The van der Waals surface area contributed by atoms with Gasteiger partial charge in [0.25, 0.3) is 10.0 Å². The highest BCUT2D eigenvalue weighted by Gasteiger charge is 2.31. The Bertz CT molecular complexity index is 1280. The third-order valence-corrected chi connectivity index (χ3v) is 7.04. The van der Waals surface area contributed by atoms with E-state index in [0.717, 1.165) is 5.56 Å². The zero-order valence-corrected chi connectivity index (χ0v) is 18.7. The number of esters is 1. The van der Waals surface area contributed by atoms with Crippen molar-refractivity contribution in [3.63, 3.8) is 0 Å². The summed E-state index contributed by atoms with van der Waals surface area (Å²) in [5.41, 5.74) is 1.55. The van der Waals surface area contributed by atoms with Gasteiger partial charge in [0.15, 0.2) is 11.6 Å². The second-order valence-electron chi connectivity index (χ2n) is 7.23. The summed E-state index contributed by atoms with van der Waals surface area (Å²) >= 11 is 0. The predicted octanol–water partition coefficient (Wildman–Crippen LogP) is 3.82. The largest absolute Gasteiger partial charge is 0.496 e. The highest BCUT2D eigenvalue weighted by Crippen LogP contribution is 2.34. The second-order valence-corrected chi connectivity index (χ2v) is 9.10. The van der Waals surface area contributed by atoms with Gasteiger partial charge in [-0.15, -0.1) is 0 Å². The summed E-state index contributed by atoms with van der Waals surface area (Å²) in [6, 6.07) is 17.3. The molecule has 33 heavy (non-hydrogen) atoms. The Morgan fingerprint density at radius 1 is 1.00 bits per heavy atom. The van der Waals surface area contributed by atoms with Crippen LogP contribution in [0.1, 0.15) is 15.9 Å². The van der Waals surface area contributed by atoms with Gasteiger partial charge >= 0.3 is 5.97 Å². The monoisotopic (exact) mass is 471 g/mol. The van der Waals surface area contributed by atoms with Crippen LogP contribution in [0.25, 0.3) is 0 Å². The predicted molar refractivity (Wildman–Crippen MR) is 120 cm³/mol. The lowest BCUT2D eigenvalue weighted by Gasteiger charge is -2.20. The lowest BCUT2D eigenvalue weighted by molar-refractivity contribution is 0.0444. The minimum atomic E-state index is -3.90. The second kappa shape index (κ2) is 9.50. The van der Waals surface area contributed by atoms with E-state index in [0.29, 0.717) is 18.7 Å². The number of sulfonamides is 1. The summed E-state index contributed by atoms with van der Waals surface area (Å²) in [6.45, 7) is 0.0885. The number of hydrogen-bond donors (Lipinski definition) is 0. The summed E-state index contributed by atoms with van der Waals surface area (Å²) in [4.78, 5) is 12.6. The molecule has 7 nitrogen and oxygen atoms in total. The molecule has 9 heteroatoms. The van der Waals surface area contributed by atoms with Gasteiger partial charge in [-0.2, -0.15) is 0 Å². The van der Waals surface area contributed by atoms with Crippen molar-refractivity contribution >= 4 is 21.7 Å². The zero-order chi connectivity index (χ0) is 23.4. The molecule has 3 aromatic carbocycles. The molecule has 0 amide bonds. The van der Waals surface area contributed by atoms with Crippen LogP contribution in [-0.2, 0) is 21.2 Å². The first-order valence-electron chi connectivity index (χ1n) is 10.2. The number of halogens is 1. The third kappa shape index (κ3) is 4.63. The number of benzene rings is 3. The number of carbonyl (C=O) groups excluding carboxylic acids is 1. The Balaban J connectivity index is 1.49. The first kappa shape index (κ1) is 22.6. The Morgan fingerprint density at radius 3 is 2.55 bits per heavy atom. The maximum absolute atomic E-state index is 13.6. The van der Waals surface area contributed by atoms with E-state index in [1.165, 1.54) is 47.8 Å². The number of ether oxygens (including phenoxy) is 3. The minimum absolute atomic E-state index is 0.0306. The SMILES string of the molecule is COc1ccc(S(=O)(=O)N2CCc3ccccc32)cc1C(=O)OCCOc1ccccc1F. The highest BCUT2D eigenvalue weighted by molar-refractivity contribution is 7.92. The van der Waals surface area contributed by atoms with Gasteiger partial charge in [-0.05, 0) is 48.4 Å². The topological polar surface area (TPSA) is 82.1 Å². The molecule has 0 unspecified atom stereocenters. The number of anilines is 1. The van der Waals surface area contributed by atoms with Crippen LogP contribution in [0.15, 0.2) is 71.6 Å². The Morgan fingerprint density at radius 2 is 1.76 bits per heavy atom. The van der Waals surface area contributed by atoms with Crippen molar-refractivity contribution in [1.82, 2.24) is 0 Å². The number of fused-ring (bicyclic) bond motifs is 1. The molecule has 0 bridgehead atoms. The van der Waals surface area contributed by atoms with Gasteiger partial charge < -0.3 is 14.2 Å². The Labute approximate surface area is 191 Å². The quantitative estimate of drug-likeness (QED) is 0.367. The zero-order valence-electron chi connectivity index (χ0n) is 17.9. The summed E-state index contributed by atoms with van der Waals surface area (Å²) < 4.78 is 57.2. The molecule has 0 saturated carbocycles. The summed E-state index contributed by atoms with van der Waals surface area (Å²) in [6.07, 6.45) is 0.614. The lowest BCUT2D eigenvalue weighted by Crippen LogP contribution is -2.29. The number of nitrogens with zero attached hydrogens (tertiary/aromatic N) is 1. The minimum Gasteiger partial charge on any atom is -0.496 e. The molecule has 172 valence electrons. The maximum Gasteiger partial charge on any atom is 0.342 e. The van der Waals surface area contributed by atoms with Crippen LogP contribution in [0.3, 0.4) is 0 Å². The molecule has 0 aliphatic carbocycles. The fourth-order valence-corrected chi connectivity index (χ4v) is 5.15. The van der Waals surface area contributed by atoms with Crippen molar-refractivity contribution in [2.24, 2.45) is 0 Å². The normalized spacial score (nSPS) is 12.8. The van der Waals surface area contributed by atoms with Crippen molar-refractivity contribution in [1.29, 1.82) is 0 Å². The molecule has 0 saturated heterocycles. The molecule has 0 atom stereocenters. The number of rotatable bonds is 8. The van der Waals surface area contributed by atoms with Crippen molar-refractivity contribution < 1.29 is 31.8 Å². The van der Waals surface area contributed by atoms with E-state index in [2.05, 4.69) is 0 Å². The molecule has 1 heterocycles.